The Kier molecular flexibility index (Phi) is 4.43. The molecule has 5 heteroatoms. The number of thioether (sulfide) groups is 1. The Bertz CT molecular complexity index is 726. The molecule has 0 aliphatic heterocycles. The summed E-state index contributed by atoms with van der Waals surface area (Å²) in [6, 6.07) is 19.3. The normalized spacial score (nSPS) is 10.5. The number of hydrogen-bond acceptors (Lipinski definition) is 5. The molecule has 0 N–H and O–H groups in total. The van der Waals surface area contributed by atoms with E-state index in [0.29, 0.717) is 11.3 Å². The van der Waals surface area contributed by atoms with E-state index in [1.807, 2.05) is 36.4 Å². The molecular formula is C16H12N2OS2. The number of hydrogen-bond donors (Lipinski definition) is 0. The van der Waals surface area contributed by atoms with Crippen LogP contribution in [0.1, 0.15) is 21.6 Å². The zero-order valence-electron chi connectivity index (χ0n) is 11.1. The second-order valence-corrected chi connectivity index (χ2v) is 6.38. The van der Waals surface area contributed by atoms with E-state index in [2.05, 4.69) is 21.7 Å². The average molecular weight is 312 g/mol. The molecule has 0 fully saturated rings. The molecule has 0 amide bonds. The van der Waals surface area contributed by atoms with E-state index in [1.54, 1.807) is 23.9 Å². The predicted molar refractivity (Wildman–Crippen MR) is 85.8 cm³/mol. The van der Waals surface area contributed by atoms with Gasteiger partial charge >= 0.3 is 0 Å². The van der Waals surface area contributed by atoms with Gasteiger partial charge in [0.25, 0.3) is 0 Å². The highest BCUT2D eigenvalue weighted by molar-refractivity contribution is 8.00. The molecule has 0 saturated heterocycles. The minimum Gasteiger partial charge on any atom is -0.287 e. The number of rotatable bonds is 5. The monoisotopic (exact) mass is 312 g/mol. The van der Waals surface area contributed by atoms with E-state index in [9.17, 15) is 4.79 Å². The van der Waals surface area contributed by atoms with Crippen LogP contribution in [0.25, 0.3) is 0 Å². The fraction of sp³-hybridized carbons (Fsp3) is 0.0625. The molecule has 0 radical (unpaired) electrons. The third-order valence-corrected chi connectivity index (χ3v) is 4.95. The van der Waals surface area contributed by atoms with Crippen molar-refractivity contribution in [3.63, 3.8) is 0 Å². The number of carbonyl (C=O) groups is 1. The number of nitrogens with zero attached hydrogens (tertiary/aromatic N) is 2. The Balaban J connectivity index is 1.77. The van der Waals surface area contributed by atoms with Gasteiger partial charge in [0.15, 0.2) is 5.69 Å². The first kappa shape index (κ1) is 14.0. The Morgan fingerprint density at radius 3 is 2.38 bits per heavy atom. The van der Waals surface area contributed by atoms with Crippen molar-refractivity contribution < 1.29 is 4.79 Å². The lowest BCUT2D eigenvalue weighted by Crippen LogP contribution is -2.03. The van der Waals surface area contributed by atoms with Crippen molar-refractivity contribution in [1.29, 1.82) is 0 Å². The van der Waals surface area contributed by atoms with E-state index < -0.39 is 0 Å². The van der Waals surface area contributed by atoms with Crippen LogP contribution in [-0.4, -0.2) is 15.4 Å². The first-order valence-electron chi connectivity index (χ1n) is 6.43. The van der Waals surface area contributed by atoms with Crippen molar-refractivity contribution in [2.45, 2.75) is 9.96 Å². The second-order valence-electron chi connectivity index (χ2n) is 4.38. The molecule has 0 bridgehead atoms. The summed E-state index contributed by atoms with van der Waals surface area (Å²) in [6.45, 7) is 0. The molecule has 0 aliphatic rings. The first-order chi connectivity index (χ1) is 10.3. The number of ketones is 1. The molecule has 3 aromatic rings. The van der Waals surface area contributed by atoms with E-state index in [0.717, 1.165) is 9.96 Å². The molecule has 21 heavy (non-hydrogen) atoms. The molecular weight excluding hydrogens is 300 g/mol. The van der Waals surface area contributed by atoms with Gasteiger partial charge in [-0.3, -0.25) is 4.79 Å². The third kappa shape index (κ3) is 3.37. The molecule has 0 atom stereocenters. The van der Waals surface area contributed by atoms with E-state index in [1.165, 1.54) is 17.1 Å². The highest BCUT2D eigenvalue weighted by atomic mass is 32.2. The van der Waals surface area contributed by atoms with Gasteiger partial charge in [0.2, 0.25) is 5.78 Å². The van der Waals surface area contributed by atoms with E-state index in [-0.39, 0.29) is 5.78 Å². The smallest absolute Gasteiger partial charge is 0.215 e. The van der Waals surface area contributed by atoms with Crippen molar-refractivity contribution >= 4 is 29.1 Å². The molecule has 0 spiro atoms. The summed E-state index contributed by atoms with van der Waals surface area (Å²) in [5.41, 5.74) is 2.31. The summed E-state index contributed by atoms with van der Waals surface area (Å²) in [6.07, 6.45) is 0. The summed E-state index contributed by atoms with van der Waals surface area (Å²) >= 11 is 2.88. The summed E-state index contributed by atoms with van der Waals surface area (Å²) < 4.78 is 4.80. The molecule has 2 aromatic carbocycles. The lowest BCUT2D eigenvalue weighted by Gasteiger charge is -2.01. The minimum absolute atomic E-state index is 0.0695. The molecule has 3 nitrogen and oxygen atoms in total. The van der Waals surface area contributed by atoms with E-state index in [4.69, 9.17) is 0 Å². The molecule has 3 rings (SSSR count). The van der Waals surface area contributed by atoms with Crippen molar-refractivity contribution in [3.05, 3.63) is 77.5 Å². The van der Waals surface area contributed by atoms with Gasteiger partial charge < -0.3 is 0 Å². The van der Waals surface area contributed by atoms with Crippen LogP contribution in [0.2, 0.25) is 0 Å². The molecule has 104 valence electrons. The van der Waals surface area contributed by atoms with Gasteiger partial charge in [0, 0.05) is 11.3 Å². The topological polar surface area (TPSA) is 42.9 Å². The summed E-state index contributed by atoms with van der Waals surface area (Å²) in [5.74, 6) is 0.736. The maximum atomic E-state index is 12.4. The second kappa shape index (κ2) is 6.65. The van der Waals surface area contributed by atoms with E-state index >= 15 is 0 Å². The fourth-order valence-electron chi connectivity index (χ4n) is 1.86. The van der Waals surface area contributed by atoms with Crippen LogP contribution < -0.4 is 0 Å². The number of aromatic nitrogens is 2. The molecule has 1 aromatic heterocycles. The van der Waals surface area contributed by atoms with Crippen LogP contribution in [0.3, 0.4) is 0 Å². The Hall–Kier alpha value is -1.98. The number of carbonyl (C=O) groups excluding carboxylic acids is 1. The molecule has 0 unspecified atom stereocenters. The molecule has 0 aliphatic carbocycles. The minimum atomic E-state index is -0.0695. The van der Waals surface area contributed by atoms with Gasteiger partial charge in [0.05, 0.1) is 0 Å². The van der Waals surface area contributed by atoms with Crippen LogP contribution in [0.5, 0.6) is 0 Å². The van der Waals surface area contributed by atoms with Gasteiger partial charge in [-0.15, -0.1) is 16.9 Å². The van der Waals surface area contributed by atoms with Gasteiger partial charge in [-0.25, -0.2) is 0 Å². The lowest BCUT2D eigenvalue weighted by atomic mass is 10.1. The van der Waals surface area contributed by atoms with Gasteiger partial charge in [-0.05, 0) is 17.1 Å². The Labute approximate surface area is 131 Å². The van der Waals surface area contributed by atoms with Crippen molar-refractivity contribution in [3.8, 4) is 0 Å². The number of benzene rings is 2. The summed E-state index contributed by atoms with van der Waals surface area (Å²) in [7, 11) is 0. The van der Waals surface area contributed by atoms with Gasteiger partial charge in [-0.2, -0.15) is 0 Å². The predicted octanol–water partition coefficient (Wildman–Crippen LogP) is 4.06. The maximum Gasteiger partial charge on any atom is 0.215 e. The van der Waals surface area contributed by atoms with Crippen molar-refractivity contribution in [2.24, 2.45) is 0 Å². The Morgan fingerprint density at radius 1 is 1.00 bits per heavy atom. The highest BCUT2D eigenvalue weighted by Gasteiger charge is 2.18. The van der Waals surface area contributed by atoms with Crippen LogP contribution in [-0.2, 0) is 5.75 Å². The summed E-state index contributed by atoms with van der Waals surface area (Å²) in [5, 5.41) is 4.00. The third-order valence-electron chi connectivity index (χ3n) is 2.92. The standard InChI is InChI=1S/C16H12N2OS2/c19-15(13-9-5-2-6-10-13)14-16(21-18-17-14)20-11-12-7-3-1-4-8-12/h1-10H,11H2. The molecule has 1 heterocycles. The van der Waals surface area contributed by atoms with Gasteiger partial charge in [-0.1, -0.05) is 65.2 Å². The zero-order valence-corrected chi connectivity index (χ0v) is 12.7. The highest BCUT2D eigenvalue weighted by Crippen LogP contribution is 2.29. The van der Waals surface area contributed by atoms with Gasteiger partial charge in [0.1, 0.15) is 4.21 Å². The maximum absolute atomic E-state index is 12.4. The van der Waals surface area contributed by atoms with Crippen LogP contribution in [0.15, 0.2) is 64.9 Å². The lowest BCUT2D eigenvalue weighted by molar-refractivity contribution is 0.103. The van der Waals surface area contributed by atoms with Crippen LogP contribution >= 0.6 is 23.3 Å². The zero-order chi connectivity index (χ0) is 14.5. The fourth-order valence-corrected chi connectivity index (χ4v) is 3.53. The van der Waals surface area contributed by atoms with Crippen molar-refractivity contribution in [2.75, 3.05) is 0 Å². The summed E-state index contributed by atoms with van der Waals surface area (Å²) in [4.78, 5) is 12.4. The largest absolute Gasteiger partial charge is 0.287 e. The van der Waals surface area contributed by atoms with Crippen LogP contribution in [0.4, 0.5) is 0 Å². The average Bonchev–Trinajstić information content (AvgIpc) is 3.02. The quantitative estimate of drug-likeness (QED) is 0.526. The SMILES string of the molecule is O=C(c1ccccc1)c1nnsc1SCc1ccccc1. The van der Waals surface area contributed by atoms with Crippen molar-refractivity contribution in [1.82, 2.24) is 9.59 Å². The molecule has 0 saturated carbocycles. The Morgan fingerprint density at radius 2 is 1.67 bits per heavy atom. The first-order valence-corrected chi connectivity index (χ1v) is 8.19. The van der Waals surface area contributed by atoms with Crippen LogP contribution in [0, 0.1) is 0 Å².